The number of methoxy groups -OCH3 is 2. The second-order valence-corrected chi connectivity index (χ2v) is 12.0. The van der Waals surface area contributed by atoms with E-state index in [-0.39, 0.29) is 28.9 Å². The molecule has 9 nitrogen and oxygen atoms in total. The molecule has 48 heavy (non-hydrogen) atoms. The third-order valence-corrected chi connectivity index (χ3v) is 8.70. The van der Waals surface area contributed by atoms with E-state index in [4.69, 9.17) is 19.9 Å². The number of nitrogens with two attached hydrogens (primary N) is 1. The van der Waals surface area contributed by atoms with Gasteiger partial charge in [0, 0.05) is 67.7 Å². The molecule has 5 aromatic rings. The highest BCUT2D eigenvalue weighted by atomic mass is 19.1. The maximum Gasteiger partial charge on any atom is 0.200 e. The van der Waals surface area contributed by atoms with E-state index in [1.165, 1.54) is 12.3 Å². The van der Waals surface area contributed by atoms with Gasteiger partial charge in [-0.05, 0) is 66.6 Å². The number of aromatic nitrogens is 3. The fourth-order valence-corrected chi connectivity index (χ4v) is 5.99. The number of Topliss-reactive ketones (excluding diaryl/α,β-unsaturated/α-hetero) is 1. The van der Waals surface area contributed by atoms with Crippen molar-refractivity contribution in [3.05, 3.63) is 112 Å². The maximum absolute atomic E-state index is 15.7. The Morgan fingerprint density at radius 2 is 1.65 bits per heavy atom. The summed E-state index contributed by atoms with van der Waals surface area (Å²) >= 11 is 0. The molecule has 0 bridgehead atoms. The lowest BCUT2D eigenvalue weighted by Crippen LogP contribution is -2.25. The Morgan fingerprint density at radius 1 is 0.917 bits per heavy atom. The van der Waals surface area contributed by atoms with Crippen LogP contribution in [0.5, 0.6) is 11.5 Å². The molecule has 4 heterocycles. The number of anilines is 1. The first-order valence-electron chi connectivity index (χ1n) is 15.8. The number of halogens is 1. The van der Waals surface area contributed by atoms with E-state index < -0.39 is 11.6 Å². The Labute approximate surface area is 278 Å². The first-order valence-corrected chi connectivity index (χ1v) is 15.8. The summed E-state index contributed by atoms with van der Waals surface area (Å²) in [7, 11) is 3.10. The van der Waals surface area contributed by atoms with Gasteiger partial charge in [0.1, 0.15) is 17.3 Å². The highest BCUT2D eigenvalue weighted by Gasteiger charge is 2.21. The Morgan fingerprint density at radius 3 is 2.35 bits per heavy atom. The molecule has 0 unspecified atom stereocenters. The van der Waals surface area contributed by atoms with Crippen molar-refractivity contribution in [3.63, 3.8) is 0 Å². The van der Waals surface area contributed by atoms with Gasteiger partial charge >= 0.3 is 0 Å². The Balaban J connectivity index is 1.29. The first-order chi connectivity index (χ1) is 23.2. The molecule has 6 rings (SSSR count). The molecular weight excluding hydrogens is 611 g/mol. The summed E-state index contributed by atoms with van der Waals surface area (Å²) < 4.78 is 33.9. The molecule has 2 aromatic carbocycles. The largest absolute Gasteiger partial charge is 0.493 e. The quantitative estimate of drug-likeness (QED) is 0.170. The number of nitrogen functional groups attached to an aromatic ring is 1. The lowest BCUT2D eigenvalue weighted by molar-refractivity contribution is 0.0612. The van der Waals surface area contributed by atoms with Crippen molar-refractivity contribution in [2.75, 3.05) is 33.2 Å². The van der Waals surface area contributed by atoms with Crippen LogP contribution in [0.4, 0.5) is 10.2 Å². The zero-order chi connectivity index (χ0) is 33.8. The van der Waals surface area contributed by atoms with Crippen LogP contribution in [0.3, 0.4) is 0 Å². The summed E-state index contributed by atoms with van der Waals surface area (Å²) in [5.74, 6) is 0.499. The molecule has 0 spiro atoms. The smallest absolute Gasteiger partial charge is 0.200 e. The fourth-order valence-electron chi connectivity index (χ4n) is 5.99. The summed E-state index contributed by atoms with van der Waals surface area (Å²) in [6.45, 7) is 4.02. The van der Waals surface area contributed by atoms with Gasteiger partial charge in [-0.2, -0.15) is 0 Å². The van der Waals surface area contributed by atoms with Crippen LogP contribution < -0.4 is 20.6 Å². The number of ketones is 1. The zero-order valence-corrected chi connectivity index (χ0v) is 27.2. The average molecular weight is 649 g/mol. The number of ether oxygens (including phenoxy) is 3. The Kier molecular flexibility index (Phi) is 9.63. The molecule has 1 aliphatic heterocycles. The minimum atomic E-state index is -0.663. The summed E-state index contributed by atoms with van der Waals surface area (Å²) in [5.41, 5.74) is 10.2. The van der Waals surface area contributed by atoms with Crippen molar-refractivity contribution in [1.29, 1.82) is 0 Å². The highest BCUT2D eigenvalue weighted by molar-refractivity contribution is 5.98. The van der Waals surface area contributed by atoms with Crippen LogP contribution in [0, 0.1) is 18.7 Å². The third kappa shape index (κ3) is 6.99. The maximum atomic E-state index is 15.7. The predicted octanol–water partition coefficient (Wildman–Crippen LogP) is 6.54. The summed E-state index contributed by atoms with van der Waals surface area (Å²) in [6.07, 6.45) is 8.08. The Hall–Kier alpha value is -5.35. The van der Waals surface area contributed by atoms with Gasteiger partial charge in [-0.3, -0.25) is 14.6 Å². The number of benzene rings is 2. The molecule has 1 fully saturated rings. The number of rotatable bonds is 10. The topological polar surface area (TPSA) is 119 Å². The van der Waals surface area contributed by atoms with E-state index in [1.54, 1.807) is 44.8 Å². The second-order valence-electron chi connectivity index (χ2n) is 12.0. The second kappa shape index (κ2) is 14.2. The van der Waals surface area contributed by atoms with Crippen molar-refractivity contribution in [1.82, 2.24) is 14.5 Å². The van der Waals surface area contributed by atoms with Gasteiger partial charge in [0.15, 0.2) is 22.7 Å². The lowest BCUT2D eigenvalue weighted by Gasteiger charge is -2.23. The van der Waals surface area contributed by atoms with Gasteiger partial charge in [0.2, 0.25) is 0 Å². The van der Waals surface area contributed by atoms with Crippen molar-refractivity contribution < 1.29 is 23.4 Å². The minimum absolute atomic E-state index is 0.00119. The van der Waals surface area contributed by atoms with Crippen LogP contribution >= 0.6 is 0 Å². The molecule has 1 aliphatic rings. The van der Waals surface area contributed by atoms with Crippen LogP contribution in [0.1, 0.15) is 34.3 Å². The van der Waals surface area contributed by atoms with Crippen LogP contribution in [0.2, 0.25) is 0 Å². The molecule has 2 N–H and O–H groups in total. The van der Waals surface area contributed by atoms with Gasteiger partial charge in [0.25, 0.3) is 0 Å². The van der Waals surface area contributed by atoms with Gasteiger partial charge in [-0.15, -0.1) is 0 Å². The molecule has 3 aromatic heterocycles. The van der Waals surface area contributed by atoms with E-state index in [9.17, 15) is 9.59 Å². The number of aryl methyl sites for hydroxylation is 1. The highest BCUT2D eigenvalue weighted by Crippen LogP contribution is 2.35. The van der Waals surface area contributed by atoms with Crippen molar-refractivity contribution >= 4 is 11.6 Å². The van der Waals surface area contributed by atoms with E-state index in [1.807, 2.05) is 48.0 Å². The molecule has 0 aliphatic carbocycles. The van der Waals surface area contributed by atoms with Crippen LogP contribution in [0.15, 0.2) is 84.2 Å². The van der Waals surface area contributed by atoms with Crippen LogP contribution in [-0.2, 0) is 17.7 Å². The number of nitrogens with zero attached hydrogens (tertiary/aromatic N) is 3. The van der Waals surface area contributed by atoms with Gasteiger partial charge < -0.3 is 24.5 Å². The molecule has 0 radical (unpaired) electrons. The summed E-state index contributed by atoms with van der Waals surface area (Å²) in [5, 5.41) is 0. The predicted molar refractivity (Wildman–Crippen MR) is 183 cm³/mol. The molecular formula is C38H37FN4O5. The number of carbonyl (C=O) groups excluding carboxylic acids is 1. The molecule has 0 amide bonds. The monoisotopic (exact) mass is 648 g/mol. The van der Waals surface area contributed by atoms with Gasteiger partial charge in [0.05, 0.1) is 19.8 Å². The van der Waals surface area contributed by atoms with E-state index in [0.717, 1.165) is 29.5 Å². The Bertz CT molecular complexity index is 2020. The van der Waals surface area contributed by atoms with Crippen LogP contribution in [-0.4, -0.2) is 47.8 Å². The third-order valence-electron chi connectivity index (χ3n) is 8.70. The van der Waals surface area contributed by atoms with E-state index >= 15 is 4.39 Å². The normalized spacial score (nSPS) is 13.3. The number of pyridine rings is 3. The molecule has 246 valence electrons. The summed E-state index contributed by atoms with van der Waals surface area (Å²) in [6, 6.07) is 16.0. The van der Waals surface area contributed by atoms with Crippen LogP contribution in [0.25, 0.3) is 33.5 Å². The molecule has 0 atom stereocenters. The lowest BCUT2D eigenvalue weighted by atomic mass is 9.97. The number of hydrogen-bond donors (Lipinski definition) is 1. The SMILES string of the molecule is COc1ccc(-c2cnc(N)c(-c3ncc(CC(=O)c4cn(CC5CCOCC5)cc(-c5ccc(C)cc5)c4=O)cc3F)c2)cc1OC. The first kappa shape index (κ1) is 32.6. The zero-order valence-electron chi connectivity index (χ0n) is 27.2. The summed E-state index contributed by atoms with van der Waals surface area (Å²) in [4.78, 5) is 36.1. The minimum Gasteiger partial charge on any atom is -0.493 e. The van der Waals surface area contributed by atoms with Crippen molar-refractivity contribution in [2.24, 2.45) is 5.92 Å². The molecule has 10 heteroatoms. The molecule has 0 saturated carbocycles. The van der Waals surface area contributed by atoms with E-state index in [0.29, 0.717) is 59.4 Å². The number of hydrogen-bond acceptors (Lipinski definition) is 8. The fraction of sp³-hybridized carbons (Fsp3) is 0.263. The van der Waals surface area contributed by atoms with Crippen molar-refractivity contribution in [3.8, 4) is 45.0 Å². The van der Waals surface area contributed by atoms with Crippen molar-refractivity contribution in [2.45, 2.75) is 32.7 Å². The van der Waals surface area contributed by atoms with Gasteiger partial charge in [-0.1, -0.05) is 35.9 Å². The standard InChI is InChI=1S/C38H37FN4O5/c1-23-4-6-26(7-5-23)30-21-43(20-24-10-12-48-13-11-24)22-31(37(30)45)33(44)15-25-14-32(39)36(41-18-25)29-16-28(19-42-38(29)40)27-8-9-34(46-2)35(17-27)47-3/h4-9,14,16-19,21-22,24H,10-13,15,20H2,1-3H3,(H2,40,42). The van der Waals surface area contributed by atoms with Gasteiger partial charge in [-0.25, -0.2) is 9.37 Å². The average Bonchev–Trinajstić information content (AvgIpc) is 3.10. The number of carbonyl (C=O) groups is 1. The molecule has 1 saturated heterocycles. The van der Waals surface area contributed by atoms with E-state index in [2.05, 4.69) is 9.97 Å².